The SMILES string of the molecule is COc1ccc(CN2C(C)Cc3c([nH]c4ccccc34)C2c2c(F)cc(/C=C/C(=O)O)cc2F)cc1. The topological polar surface area (TPSA) is 65.6 Å². The third-order valence-corrected chi connectivity index (χ3v) is 6.83. The molecule has 2 N–H and O–H groups in total. The number of para-hydroxylation sites is 1. The highest BCUT2D eigenvalue weighted by Crippen LogP contribution is 2.43. The molecule has 0 saturated carbocycles. The number of nitrogens with one attached hydrogen (secondary N) is 1. The van der Waals surface area contributed by atoms with Crippen molar-refractivity contribution < 1.29 is 23.4 Å². The van der Waals surface area contributed by atoms with E-state index in [1.807, 2.05) is 48.5 Å². The van der Waals surface area contributed by atoms with Crippen LogP contribution in [0.5, 0.6) is 5.75 Å². The molecule has 5 nitrogen and oxygen atoms in total. The number of aromatic nitrogens is 1. The van der Waals surface area contributed by atoms with E-state index in [0.717, 1.165) is 46.0 Å². The highest BCUT2D eigenvalue weighted by Gasteiger charge is 2.38. The number of rotatable bonds is 6. The molecule has 36 heavy (non-hydrogen) atoms. The second-order valence-corrected chi connectivity index (χ2v) is 9.11. The zero-order chi connectivity index (χ0) is 25.4. The summed E-state index contributed by atoms with van der Waals surface area (Å²) in [6.07, 6.45) is 2.78. The van der Waals surface area contributed by atoms with Crippen LogP contribution in [0.4, 0.5) is 8.78 Å². The fraction of sp³-hybridized carbons (Fsp3) is 0.207. The third-order valence-electron chi connectivity index (χ3n) is 6.83. The van der Waals surface area contributed by atoms with Crippen LogP contribution in [0.1, 0.15) is 40.9 Å². The largest absolute Gasteiger partial charge is 0.497 e. The van der Waals surface area contributed by atoms with Crippen LogP contribution in [0.2, 0.25) is 0 Å². The number of aliphatic carboxylic acids is 1. The summed E-state index contributed by atoms with van der Waals surface area (Å²) in [5.41, 5.74) is 3.84. The molecule has 4 aromatic rings. The van der Waals surface area contributed by atoms with Gasteiger partial charge in [0, 0.05) is 40.8 Å². The number of halogens is 2. The second kappa shape index (κ2) is 9.59. The van der Waals surface area contributed by atoms with Crippen molar-refractivity contribution >= 4 is 22.9 Å². The van der Waals surface area contributed by atoms with E-state index in [4.69, 9.17) is 9.84 Å². The lowest BCUT2D eigenvalue weighted by molar-refractivity contribution is -0.131. The van der Waals surface area contributed by atoms with Gasteiger partial charge in [0.1, 0.15) is 17.4 Å². The zero-order valence-electron chi connectivity index (χ0n) is 20.0. The first-order valence-corrected chi connectivity index (χ1v) is 11.7. The number of ether oxygens (including phenoxy) is 1. The molecule has 1 aromatic heterocycles. The van der Waals surface area contributed by atoms with Gasteiger partial charge in [-0.05, 0) is 66.4 Å². The van der Waals surface area contributed by atoms with E-state index in [1.165, 1.54) is 18.2 Å². The number of hydrogen-bond acceptors (Lipinski definition) is 3. The Morgan fingerprint density at radius 3 is 2.50 bits per heavy atom. The van der Waals surface area contributed by atoms with Gasteiger partial charge in [-0.25, -0.2) is 13.6 Å². The predicted molar refractivity (Wildman–Crippen MR) is 135 cm³/mol. The maximum Gasteiger partial charge on any atom is 0.328 e. The molecule has 5 rings (SSSR count). The maximum atomic E-state index is 15.6. The quantitative estimate of drug-likeness (QED) is 0.323. The van der Waals surface area contributed by atoms with Gasteiger partial charge in [0.25, 0.3) is 0 Å². The highest BCUT2D eigenvalue weighted by atomic mass is 19.1. The minimum atomic E-state index is -1.19. The van der Waals surface area contributed by atoms with Gasteiger partial charge in [0.2, 0.25) is 0 Å². The van der Waals surface area contributed by atoms with E-state index in [-0.39, 0.29) is 17.2 Å². The number of nitrogens with zero attached hydrogens (tertiary/aromatic N) is 1. The lowest BCUT2D eigenvalue weighted by Crippen LogP contribution is -2.42. The van der Waals surface area contributed by atoms with Crippen LogP contribution < -0.4 is 4.74 Å². The number of carboxylic acid groups (broad SMARTS) is 1. The molecule has 0 radical (unpaired) electrons. The summed E-state index contributed by atoms with van der Waals surface area (Å²) in [4.78, 5) is 16.4. The van der Waals surface area contributed by atoms with Crippen LogP contribution >= 0.6 is 0 Å². The van der Waals surface area contributed by atoms with Crippen molar-refractivity contribution in [2.24, 2.45) is 0 Å². The Bertz CT molecular complexity index is 1440. The Kier molecular flexibility index (Phi) is 6.33. The molecule has 1 aliphatic heterocycles. The molecule has 3 aromatic carbocycles. The number of hydrogen-bond donors (Lipinski definition) is 2. The summed E-state index contributed by atoms with van der Waals surface area (Å²) < 4.78 is 36.5. The molecule has 0 saturated heterocycles. The fourth-order valence-corrected chi connectivity index (χ4v) is 5.14. The Morgan fingerprint density at radius 1 is 1.14 bits per heavy atom. The molecular weight excluding hydrogens is 462 g/mol. The Hall–Kier alpha value is -3.97. The summed E-state index contributed by atoms with van der Waals surface area (Å²) in [6, 6.07) is 17.2. The minimum absolute atomic E-state index is 0.00538. The van der Waals surface area contributed by atoms with E-state index in [0.29, 0.717) is 6.54 Å². The van der Waals surface area contributed by atoms with E-state index in [9.17, 15) is 4.79 Å². The second-order valence-electron chi connectivity index (χ2n) is 9.11. The van der Waals surface area contributed by atoms with Crippen LogP contribution in [-0.4, -0.2) is 34.1 Å². The molecule has 1 aliphatic rings. The molecule has 184 valence electrons. The molecule has 0 fully saturated rings. The van der Waals surface area contributed by atoms with Gasteiger partial charge in [-0.3, -0.25) is 4.90 Å². The average Bonchev–Trinajstić information content (AvgIpc) is 3.22. The van der Waals surface area contributed by atoms with Crippen molar-refractivity contribution in [2.45, 2.75) is 32.0 Å². The summed E-state index contributed by atoms with van der Waals surface area (Å²) >= 11 is 0. The van der Waals surface area contributed by atoms with Crippen LogP contribution in [-0.2, 0) is 17.8 Å². The number of fused-ring (bicyclic) bond motifs is 3. The van der Waals surface area contributed by atoms with Gasteiger partial charge in [-0.1, -0.05) is 30.3 Å². The molecule has 2 unspecified atom stereocenters. The number of benzene rings is 3. The van der Waals surface area contributed by atoms with Crippen molar-refractivity contribution in [3.63, 3.8) is 0 Å². The van der Waals surface area contributed by atoms with E-state index in [1.54, 1.807) is 7.11 Å². The minimum Gasteiger partial charge on any atom is -0.497 e. The van der Waals surface area contributed by atoms with Crippen molar-refractivity contribution in [1.82, 2.24) is 9.88 Å². The lowest BCUT2D eigenvalue weighted by Gasteiger charge is -2.41. The van der Waals surface area contributed by atoms with Gasteiger partial charge < -0.3 is 14.8 Å². The van der Waals surface area contributed by atoms with Crippen molar-refractivity contribution in [3.8, 4) is 5.75 Å². The smallest absolute Gasteiger partial charge is 0.328 e. The van der Waals surface area contributed by atoms with Crippen molar-refractivity contribution in [1.29, 1.82) is 0 Å². The highest BCUT2D eigenvalue weighted by molar-refractivity contribution is 5.86. The van der Waals surface area contributed by atoms with Crippen LogP contribution in [0.15, 0.2) is 66.7 Å². The van der Waals surface area contributed by atoms with Crippen molar-refractivity contribution in [2.75, 3.05) is 7.11 Å². The lowest BCUT2D eigenvalue weighted by atomic mass is 9.87. The Balaban J connectivity index is 1.65. The summed E-state index contributed by atoms with van der Waals surface area (Å²) in [5.74, 6) is -1.89. The number of methoxy groups -OCH3 is 1. The van der Waals surface area contributed by atoms with Gasteiger partial charge in [-0.2, -0.15) is 0 Å². The molecule has 0 bridgehead atoms. The first-order valence-electron chi connectivity index (χ1n) is 11.7. The third kappa shape index (κ3) is 4.38. The maximum absolute atomic E-state index is 15.6. The average molecular weight is 489 g/mol. The van der Waals surface area contributed by atoms with Gasteiger partial charge >= 0.3 is 5.97 Å². The van der Waals surface area contributed by atoms with Gasteiger partial charge in [0.05, 0.1) is 13.2 Å². The van der Waals surface area contributed by atoms with Crippen LogP contribution in [0, 0.1) is 11.6 Å². The van der Waals surface area contributed by atoms with Gasteiger partial charge in [0.15, 0.2) is 0 Å². The molecule has 0 aliphatic carbocycles. The molecule has 2 heterocycles. The number of carboxylic acids is 1. The molecule has 0 amide bonds. The summed E-state index contributed by atoms with van der Waals surface area (Å²) in [5, 5.41) is 9.95. The summed E-state index contributed by atoms with van der Waals surface area (Å²) in [6.45, 7) is 2.55. The number of carbonyl (C=O) groups is 1. The summed E-state index contributed by atoms with van der Waals surface area (Å²) in [7, 11) is 1.61. The molecule has 2 atom stereocenters. The Morgan fingerprint density at radius 2 is 1.83 bits per heavy atom. The van der Waals surface area contributed by atoms with E-state index >= 15 is 8.78 Å². The van der Waals surface area contributed by atoms with E-state index in [2.05, 4.69) is 16.8 Å². The standard InChI is InChI=1S/C29H26F2N2O3/c1-17-13-22-21-5-3-4-6-25(21)32-28(22)29(33(17)16-18-7-10-20(36-2)11-8-18)27-23(30)14-19(15-24(27)31)9-12-26(34)35/h3-12,14-15,17,29,32H,13,16H2,1-2H3,(H,34,35)/b12-9+. The molecular formula is C29H26F2N2O3. The van der Waals surface area contributed by atoms with E-state index < -0.39 is 23.6 Å². The first kappa shape index (κ1) is 23.8. The zero-order valence-corrected chi connectivity index (χ0v) is 20.0. The van der Waals surface area contributed by atoms with Crippen LogP contribution in [0.3, 0.4) is 0 Å². The predicted octanol–water partition coefficient (Wildman–Crippen LogP) is 6.09. The monoisotopic (exact) mass is 488 g/mol. The Labute approximate surface area is 207 Å². The number of aromatic amines is 1. The first-order chi connectivity index (χ1) is 17.4. The van der Waals surface area contributed by atoms with Gasteiger partial charge in [-0.15, -0.1) is 0 Å². The molecule has 7 heteroatoms. The number of H-pyrrole nitrogens is 1. The fourth-order valence-electron chi connectivity index (χ4n) is 5.14. The van der Waals surface area contributed by atoms with Crippen LogP contribution in [0.25, 0.3) is 17.0 Å². The van der Waals surface area contributed by atoms with Crippen molar-refractivity contribution in [3.05, 3.63) is 106 Å². The molecule has 0 spiro atoms. The normalized spacial score (nSPS) is 18.0.